The lowest BCUT2D eigenvalue weighted by molar-refractivity contribution is -0.129. The number of carbonyl (C=O) groups is 1. The molecule has 1 amide bonds. The first-order valence-electron chi connectivity index (χ1n) is 8.62. The van der Waals surface area contributed by atoms with Crippen LogP contribution in [0.5, 0.6) is 0 Å². The summed E-state index contributed by atoms with van der Waals surface area (Å²) in [5.74, 6) is -0.738. The van der Waals surface area contributed by atoms with Gasteiger partial charge in [-0.05, 0) is 43.2 Å². The van der Waals surface area contributed by atoms with Gasteiger partial charge in [0.1, 0.15) is 5.75 Å². The van der Waals surface area contributed by atoms with Crippen LogP contribution in [0.15, 0.2) is 24.3 Å². The Kier molecular flexibility index (Phi) is 5.25. The third kappa shape index (κ3) is 3.64. The summed E-state index contributed by atoms with van der Waals surface area (Å²) in [4.78, 5) is 14.2. The number of nitrogens with zero attached hydrogens (tertiary/aromatic N) is 1. The van der Waals surface area contributed by atoms with E-state index in [1.54, 1.807) is 11.9 Å². The number of fused-ring (bicyclic) bond motifs is 1. The molecule has 2 atom stereocenters. The van der Waals surface area contributed by atoms with Crippen LogP contribution < -0.4 is 0 Å². The number of sulfone groups is 1. The summed E-state index contributed by atoms with van der Waals surface area (Å²) in [5.41, 5.74) is 2.41. The molecule has 6 heteroatoms. The number of carbonyl (C=O) groups excluding carboxylic acids is 1. The van der Waals surface area contributed by atoms with Crippen LogP contribution in [0.25, 0.3) is 0 Å². The van der Waals surface area contributed by atoms with Crippen LogP contribution in [0.2, 0.25) is 0 Å². The summed E-state index contributed by atoms with van der Waals surface area (Å²) in [6.45, 7) is 0.824. The predicted octanol–water partition coefficient (Wildman–Crippen LogP) is 2.12. The molecule has 1 aromatic rings. The molecule has 1 saturated heterocycles. The van der Waals surface area contributed by atoms with Crippen molar-refractivity contribution >= 4 is 15.7 Å². The van der Waals surface area contributed by atoms with E-state index in [0.717, 1.165) is 31.2 Å². The van der Waals surface area contributed by atoms with Gasteiger partial charge in [-0.15, -0.1) is 0 Å². The monoisotopic (exact) mass is 351 g/mol. The molecule has 0 radical (unpaired) electrons. The third-order valence-corrected chi connectivity index (χ3v) is 7.19. The SMILES string of the molecule is CN(C(=O)CS(=O)(=O)C1CCCOC1)C1CCCc2ccccc21. The van der Waals surface area contributed by atoms with E-state index in [1.165, 1.54) is 5.56 Å². The molecule has 0 aromatic heterocycles. The maximum Gasteiger partial charge on any atom is 0.238 e. The first kappa shape index (κ1) is 17.4. The van der Waals surface area contributed by atoms with E-state index in [4.69, 9.17) is 4.74 Å². The van der Waals surface area contributed by atoms with Gasteiger partial charge in [0.25, 0.3) is 0 Å². The molecule has 0 spiro atoms. The minimum Gasteiger partial charge on any atom is -0.380 e. The Hall–Kier alpha value is -1.40. The summed E-state index contributed by atoms with van der Waals surface area (Å²) in [6, 6.07) is 8.10. The van der Waals surface area contributed by atoms with Gasteiger partial charge in [-0.2, -0.15) is 0 Å². The molecule has 0 N–H and O–H groups in total. The Labute approximate surface area is 143 Å². The third-order valence-electron chi connectivity index (χ3n) is 5.15. The Balaban J connectivity index is 1.71. The number of rotatable bonds is 4. The van der Waals surface area contributed by atoms with Crippen molar-refractivity contribution in [2.45, 2.75) is 43.4 Å². The number of benzene rings is 1. The second-order valence-electron chi connectivity index (χ2n) is 6.76. The van der Waals surface area contributed by atoms with E-state index in [-0.39, 0.29) is 18.6 Å². The Bertz CT molecular complexity index is 695. The van der Waals surface area contributed by atoms with E-state index in [2.05, 4.69) is 6.07 Å². The van der Waals surface area contributed by atoms with Crippen molar-refractivity contribution < 1.29 is 17.9 Å². The quantitative estimate of drug-likeness (QED) is 0.833. The lowest BCUT2D eigenvalue weighted by atomic mass is 9.87. The molecular formula is C18H25NO4S. The molecule has 3 rings (SSSR count). The minimum absolute atomic E-state index is 0.0275. The van der Waals surface area contributed by atoms with Gasteiger partial charge in [-0.25, -0.2) is 8.42 Å². The average molecular weight is 351 g/mol. The molecule has 2 aliphatic rings. The highest BCUT2D eigenvalue weighted by atomic mass is 32.2. The van der Waals surface area contributed by atoms with Crippen LogP contribution in [0.3, 0.4) is 0 Å². The Morgan fingerprint density at radius 2 is 2.04 bits per heavy atom. The van der Waals surface area contributed by atoms with Crippen molar-refractivity contribution in [1.29, 1.82) is 0 Å². The maximum absolute atomic E-state index is 12.6. The number of ether oxygens (including phenoxy) is 1. The van der Waals surface area contributed by atoms with Crippen molar-refractivity contribution in [1.82, 2.24) is 4.90 Å². The molecule has 1 heterocycles. The summed E-state index contributed by atoms with van der Waals surface area (Å²) < 4.78 is 30.3. The van der Waals surface area contributed by atoms with Crippen LogP contribution >= 0.6 is 0 Å². The van der Waals surface area contributed by atoms with Crippen molar-refractivity contribution in [3.05, 3.63) is 35.4 Å². The van der Waals surface area contributed by atoms with Crippen LogP contribution in [-0.2, 0) is 25.8 Å². The van der Waals surface area contributed by atoms with Gasteiger partial charge in [0, 0.05) is 13.7 Å². The highest BCUT2D eigenvalue weighted by Crippen LogP contribution is 2.33. The van der Waals surface area contributed by atoms with Gasteiger partial charge in [0.2, 0.25) is 5.91 Å². The Morgan fingerprint density at radius 3 is 2.79 bits per heavy atom. The van der Waals surface area contributed by atoms with Gasteiger partial charge < -0.3 is 9.64 Å². The zero-order valence-corrected chi connectivity index (χ0v) is 14.9. The lowest BCUT2D eigenvalue weighted by Gasteiger charge is -2.33. The number of amides is 1. The zero-order chi connectivity index (χ0) is 17.2. The Morgan fingerprint density at radius 1 is 1.25 bits per heavy atom. The van der Waals surface area contributed by atoms with Crippen molar-refractivity contribution in [2.75, 3.05) is 26.0 Å². The fraction of sp³-hybridized carbons (Fsp3) is 0.611. The molecular weight excluding hydrogens is 326 g/mol. The maximum atomic E-state index is 12.6. The summed E-state index contributed by atoms with van der Waals surface area (Å²) in [7, 11) is -1.74. The summed E-state index contributed by atoms with van der Waals surface area (Å²) in [6.07, 6.45) is 4.25. The van der Waals surface area contributed by atoms with Gasteiger partial charge in [-0.3, -0.25) is 4.79 Å². The fourth-order valence-electron chi connectivity index (χ4n) is 3.69. The molecule has 132 valence electrons. The molecule has 1 fully saturated rings. The summed E-state index contributed by atoms with van der Waals surface area (Å²) >= 11 is 0. The topological polar surface area (TPSA) is 63.7 Å². The number of hydrogen-bond donors (Lipinski definition) is 0. The molecule has 1 aliphatic heterocycles. The first-order valence-corrected chi connectivity index (χ1v) is 10.3. The van der Waals surface area contributed by atoms with Crippen molar-refractivity contribution in [3.8, 4) is 0 Å². The van der Waals surface area contributed by atoms with Crippen LogP contribution in [0.1, 0.15) is 42.9 Å². The van der Waals surface area contributed by atoms with E-state index >= 15 is 0 Å². The van der Waals surface area contributed by atoms with E-state index < -0.39 is 20.8 Å². The molecule has 1 aromatic carbocycles. The van der Waals surface area contributed by atoms with Crippen LogP contribution in [-0.4, -0.2) is 50.5 Å². The normalized spacial score (nSPS) is 24.2. The number of hydrogen-bond acceptors (Lipinski definition) is 4. The second-order valence-corrected chi connectivity index (χ2v) is 9.04. The minimum atomic E-state index is -3.46. The van der Waals surface area contributed by atoms with E-state index in [1.807, 2.05) is 18.2 Å². The van der Waals surface area contributed by atoms with Gasteiger partial charge in [0.05, 0.1) is 17.9 Å². The van der Waals surface area contributed by atoms with Gasteiger partial charge in [0.15, 0.2) is 9.84 Å². The molecule has 1 aliphatic carbocycles. The van der Waals surface area contributed by atoms with E-state index in [0.29, 0.717) is 13.0 Å². The molecule has 24 heavy (non-hydrogen) atoms. The van der Waals surface area contributed by atoms with Gasteiger partial charge >= 0.3 is 0 Å². The van der Waals surface area contributed by atoms with Crippen molar-refractivity contribution in [3.63, 3.8) is 0 Å². The second kappa shape index (κ2) is 7.23. The number of aryl methyl sites for hydroxylation is 1. The molecule has 2 unspecified atom stereocenters. The lowest BCUT2D eigenvalue weighted by Crippen LogP contribution is -2.41. The first-order chi connectivity index (χ1) is 11.5. The van der Waals surface area contributed by atoms with Crippen LogP contribution in [0.4, 0.5) is 0 Å². The van der Waals surface area contributed by atoms with Gasteiger partial charge in [-0.1, -0.05) is 24.3 Å². The predicted molar refractivity (Wildman–Crippen MR) is 92.5 cm³/mol. The molecule has 0 bridgehead atoms. The van der Waals surface area contributed by atoms with Crippen molar-refractivity contribution in [2.24, 2.45) is 0 Å². The standard InChI is InChI=1S/C18H25NO4S/c1-19(17-10-4-7-14-6-2-3-9-16(14)17)18(20)13-24(21,22)15-8-5-11-23-12-15/h2-3,6,9,15,17H,4-5,7-8,10-13H2,1H3. The molecule has 5 nitrogen and oxygen atoms in total. The average Bonchev–Trinajstić information content (AvgIpc) is 2.61. The zero-order valence-electron chi connectivity index (χ0n) is 14.1. The van der Waals surface area contributed by atoms with Crippen LogP contribution in [0, 0.1) is 0 Å². The smallest absolute Gasteiger partial charge is 0.238 e. The highest BCUT2D eigenvalue weighted by Gasteiger charge is 2.33. The fourth-order valence-corrected chi connectivity index (χ4v) is 5.30. The summed E-state index contributed by atoms with van der Waals surface area (Å²) in [5, 5.41) is -0.540. The highest BCUT2D eigenvalue weighted by molar-refractivity contribution is 7.92. The largest absolute Gasteiger partial charge is 0.380 e. The molecule has 0 saturated carbocycles. The van der Waals surface area contributed by atoms with E-state index in [9.17, 15) is 13.2 Å².